The summed E-state index contributed by atoms with van der Waals surface area (Å²) in [5.41, 5.74) is 0. The van der Waals surface area contributed by atoms with Crippen molar-refractivity contribution in [2.24, 2.45) is 11.8 Å². The summed E-state index contributed by atoms with van der Waals surface area (Å²) in [6.45, 7) is 6.09. The van der Waals surface area contributed by atoms with Crippen LogP contribution in [0.25, 0.3) is 0 Å². The maximum absolute atomic E-state index is 3.20. The van der Waals surface area contributed by atoms with Gasteiger partial charge in [-0.1, -0.05) is 13.3 Å². The van der Waals surface area contributed by atoms with Crippen molar-refractivity contribution >= 4 is 0 Å². The number of hydrogen-bond donors (Lipinski definition) is 1. The molecule has 1 fully saturated rings. The van der Waals surface area contributed by atoms with E-state index >= 15 is 0 Å². The second-order valence-corrected chi connectivity index (χ2v) is 5.00. The quantitative estimate of drug-likeness (QED) is 0.656. The van der Waals surface area contributed by atoms with Crippen LogP contribution in [0, 0.1) is 11.8 Å². The minimum atomic E-state index is 0.976. The Morgan fingerprint density at radius 3 is 2.71 bits per heavy atom. The van der Waals surface area contributed by atoms with E-state index in [0.717, 1.165) is 18.4 Å². The molecule has 2 unspecified atom stereocenters. The van der Waals surface area contributed by atoms with E-state index in [1.165, 1.54) is 38.8 Å². The maximum atomic E-state index is 3.20. The number of hydrogen-bond acceptors (Lipinski definition) is 2. The van der Waals surface area contributed by atoms with E-state index in [9.17, 15) is 0 Å². The molecule has 0 heterocycles. The van der Waals surface area contributed by atoms with Gasteiger partial charge >= 0.3 is 0 Å². The van der Waals surface area contributed by atoms with Crippen molar-refractivity contribution in [2.75, 3.05) is 33.7 Å². The molecule has 2 heteroatoms. The summed E-state index contributed by atoms with van der Waals surface area (Å²) in [6, 6.07) is 0. The molecule has 0 radical (unpaired) electrons. The van der Waals surface area contributed by atoms with Crippen molar-refractivity contribution in [3.63, 3.8) is 0 Å². The molecule has 0 aromatic heterocycles. The van der Waals surface area contributed by atoms with E-state index in [-0.39, 0.29) is 0 Å². The zero-order valence-corrected chi connectivity index (χ0v) is 10.1. The first kappa shape index (κ1) is 12.0. The summed E-state index contributed by atoms with van der Waals surface area (Å²) in [6.07, 6.45) is 5.64. The average molecular weight is 198 g/mol. The topological polar surface area (TPSA) is 15.3 Å². The lowest BCUT2D eigenvalue weighted by atomic mass is 10.1. The van der Waals surface area contributed by atoms with Crippen LogP contribution in [-0.4, -0.2) is 38.6 Å². The van der Waals surface area contributed by atoms with E-state index < -0.39 is 0 Å². The lowest BCUT2D eigenvalue weighted by molar-refractivity contribution is 0.272. The van der Waals surface area contributed by atoms with Gasteiger partial charge in [-0.15, -0.1) is 0 Å². The Kier molecular flexibility index (Phi) is 5.49. The van der Waals surface area contributed by atoms with Crippen molar-refractivity contribution in [3.05, 3.63) is 0 Å². The lowest BCUT2D eigenvalue weighted by Crippen LogP contribution is -2.27. The molecule has 1 N–H and O–H groups in total. The molecule has 0 aliphatic heterocycles. The van der Waals surface area contributed by atoms with Crippen molar-refractivity contribution in [3.8, 4) is 0 Å². The molecule has 1 saturated carbocycles. The van der Waals surface area contributed by atoms with Crippen molar-refractivity contribution in [2.45, 2.75) is 32.6 Å². The smallest absolute Gasteiger partial charge is 0.000672 e. The summed E-state index contributed by atoms with van der Waals surface area (Å²) in [4.78, 5) is 2.50. The summed E-state index contributed by atoms with van der Waals surface area (Å²) < 4.78 is 0. The zero-order valence-electron chi connectivity index (χ0n) is 10.1. The summed E-state index contributed by atoms with van der Waals surface area (Å²) in [5, 5.41) is 3.20. The molecule has 2 nitrogen and oxygen atoms in total. The van der Waals surface area contributed by atoms with E-state index in [2.05, 4.69) is 24.2 Å². The van der Waals surface area contributed by atoms with E-state index in [1.807, 2.05) is 7.05 Å². The van der Waals surface area contributed by atoms with E-state index in [4.69, 9.17) is 0 Å². The largest absolute Gasteiger partial charge is 0.320 e. The Labute approximate surface area is 89.1 Å². The Bertz CT molecular complexity index is 147. The fourth-order valence-corrected chi connectivity index (χ4v) is 2.55. The Balaban J connectivity index is 2.05. The average Bonchev–Trinajstić information content (AvgIpc) is 2.52. The fraction of sp³-hybridized carbons (Fsp3) is 1.00. The molecule has 84 valence electrons. The molecule has 2 atom stereocenters. The van der Waals surface area contributed by atoms with Crippen molar-refractivity contribution in [1.82, 2.24) is 10.2 Å². The highest BCUT2D eigenvalue weighted by molar-refractivity contribution is 4.74. The Morgan fingerprint density at radius 1 is 1.36 bits per heavy atom. The van der Waals surface area contributed by atoms with Crippen LogP contribution in [0.4, 0.5) is 0 Å². The summed E-state index contributed by atoms with van der Waals surface area (Å²) in [7, 11) is 4.29. The molecule has 1 rings (SSSR count). The Morgan fingerprint density at radius 2 is 2.14 bits per heavy atom. The third-order valence-electron chi connectivity index (χ3n) is 3.34. The molecular formula is C12H26N2. The normalized spacial score (nSPS) is 27.4. The number of rotatable bonds is 6. The number of nitrogens with one attached hydrogen (secondary N) is 1. The van der Waals surface area contributed by atoms with Crippen LogP contribution in [0.2, 0.25) is 0 Å². The second-order valence-electron chi connectivity index (χ2n) is 5.00. The van der Waals surface area contributed by atoms with Gasteiger partial charge in [-0.25, -0.2) is 0 Å². The van der Waals surface area contributed by atoms with Gasteiger partial charge in [0.2, 0.25) is 0 Å². The van der Waals surface area contributed by atoms with Crippen LogP contribution in [0.3, 0.4) is 0 Å². The van der Waals surface area contributed by atoms with Crippen LogP contribution >= 0.6 is 0 Å². The van der Waals surface area contributed by atoms with E-state index in [0.29, 0.717) is 0 Å². The van der Waals surface area contributed by atoms with E-state index in [1.54, 1.807) is 0 Å². The van der Waals surface area contributed by atoms with Crippen LogP contribution in [-0.2, 0) is 0 Å². The fourth-order valence-electron chi connectivity index (χ4n) is 2.55. The second kappa shape index (κ2) is 6.41. The van der Waals surface area contributed by atoms with Crippen molar-refractivity contribution < 1.29 is 0 Å². The maximum Gasteiger partial charge on any atom is 0.000672 e. The SMILES string of the molecule is CNCCCN(C)CC1CCC(C)C1. The van der Waals surface area contributed by atoms with Crippen LogP contribution in [0.15, 0.2) is 0 Å². The molecule has 0 aromatic rings. The first-order chi connectivity index (χ1) is 6.72. The molecule has 0 amide bonds. The third kappa shape index (κ3) is 4.43. The standard InChI is InChI=1S/C12H26N2/c1-11-5-6-12(9-11)10-14(3)8-4-7-13-2/h11-13H,4-10H2,1-3H3. The van der Waals surface area contributed by atoms with Gasteiger partial charge in [0, 0.05) is 6.54 Å². The van der Waals surface area contributed by atoms with Crippen LogP contribution in [0.5, 0.6) is 0 Å². The molecule has 14 heavy (non-hydrogen) atoms. The van der Waals surface area contributed by atoms with Crippen LogP contribution < -0.4 is 5.32 Å². The molecule has 0 aromatic carbocycles. The molecule has 0 bridgehead atoms. The van der Waals surface area contributed by atoms with Gasteiger partial charge in [-0.2, -0.15) is 0 Å². The van der Waals surface area contributed by atoms with Gasteiger partial charge in [0.05, 0.1) is 0 Å². The predicted molar refractivity (Wildman–Crippen MR) is 62.5 cm³/mol. The first-order valence-corrected chi connectivity index (χ1v) is 6.05. The highest BCUT2D eigenvalue weighted by Gasteiger charge is 2.21. The first-order valence-electron chi connectivity index (χ1n) is 6.05. The monoisotopic (exact) mass is 198 g/mol. The molecule has 0 saturated heterocycles. The van der Waals surface area contributed by atoms with Gasteiger partial charge in [0.15, 0.2) is 0 Å². The molecule has 0 spiro atoms. The lowest BCUT2D eigenvalue weighted by Gasteiger charge is -2.20. The van der Waals surface area contributed by atoms with Gasteiger partial charge in [-0.3, -0.25) is 0 Å². The van der Waals surface area contributed by atoms with Crippen molar-refractivity contribution in [1.29, 1.82) is 0 Å². The van der Waals surface area contributed by atoms with Gasteiger partial charge in [0.25, 0.3) is 0 Å². The van der Waals surface area contributed by atoms with Gasteiger partial charge in [-0.05, 0) is 58.3 Å². The molecule has 1 aliphatic carbocycles. The third-order valence-corrected chi connectivity index (χ3v) is 3.34. The predicted octanol–water partition coefficient (Wildman–Crippen LogP) is 1.96. The summed E-state index contributed by atoms with van der Waals surface area (Å²) in [5.74, 6) is 1.95. The van der Waals surface area contributed by atoms with Crippen LogP contribution in [0.1, 0.15) is 32.6 Å². The molecule has 1 aliphatic rings. The highest BCUT2D eigenvalue weighted by Crippen LogP contribution is 2.30. The molecular weight excluding hydrogens is 172 g/mol. The number of nitrogens with zero attached hydrogens (tertiary/aromatic N) is 1. The van der Waals surface area contributed by atoms with Gasteiger partial charge in [0.1, 0.15) is 0 Å². The Hall–Kier alpha value is -0.0800. The summed E-state index contributed by atoms with van der Waals surface area (Å²) >= 11 is 0. The zero-order chi connectivity index (χ0) is 10.4. The highest BCUT2D eigenvalue weighted by atomic mass is 15.1. The minimum Gasteiger partial charge on any atom is -0.320 e. The minimum absolute atomic E-state index is 0.976. The van der Waals surface area contributed by atoms with Gasteiger partial charge < -0.3 is 10.2 Å².